The van der Waals surface area contributed by atoms with Gasteiger partial charge in [-0.15, -0.1) is 0 Å². The molecule has 1 fully saturated rings. The largest absolute Gasteiger partial charge is 0.481 e. The molecule has 1 aromatic carbocycles. The highest BCUT2D eigenvalue weighted by molar-refractivity contribution is 5.97. The topological polar surface area (TPSA) is 71.3 Å². The standard InChI is InChI=1S/C18H22N2O3/c1-11(2)10-20-8-7-12-9-13(3-6-16(12)20)19-17(21)14-4-5-15(14)18(22)23/h3,6-9,11,14-15H,4-5,10H2,1-2H3,(H,19,21)(H,22,23). The van der Waals surface area contributed by atoms with Crippen molar-refractivity contribution >= 4 is 28.5 Å². The third-order valence-corrected chi connectivity index (χ3v) is 4.53. The van der Waals surface area contributed by atoms with Crippen molar-refractivity contribution in [2.45, 2.75) is 33.2 Å². The van der Waals surface area contributed by atoms with Crippen LogP contribution in [0.4, 0.5) is 5.69 Å². The Morgan fingerprint density at radius 3 is 2.61 bits per heavy atom. The zero-order chi connectivity index (χ0) is 16.6. The summed E-state index contributed by atoms with van der Waals surface area (Å²) in [6, 6.07) is 7.86. The number of carbonyl (C=O) groups is 2. The predicted octanol–water partition coefficient (Wildman–Crippen LogP) is 3.35. The summed E-state index contributed by atoms with van der Waals surface area (Å²) in [5.74, 6) is -1.45. The van der Waals surface area contributed by atoms with Crippen LogP contribution in [0.25, 0.3) is 10.9 Å². The summed E-state index contributed by atoms with van der Waals surface area (Å²) < 4.78 is 2.21. The Labute approximate surface area is 135 Å². The summed E-state index contributed by atoms with van der Waals surface area (Å²) >= 11 is 0. The van der Waals surface area contributed by atoms with Crippen LogP contribution in [0, 0.1) is 17.8 Å². The number of nitrogens with zero attached hydrogens (tertiary/aromatic N) is 1. The summed E-state index contributed by atoms with van der Waals surface area (Å²) in [6.45, 7) is 5.31. The zero-order valence-corrected chi connectivity index (χ0v) is 13.5. The maximum atomic E-state index is 12.2. The molecule has 2 N–H and O–H groups in total. The van der Waals surface area contributed by atoms with Crippen molar-refractivity contribution in [2.75, 3.05) is 5.32 Å². The molecule has 1 amide bonds. The molecule has 0 saturated heterocycles. The number of hydrogen-bond donors (Lipinski definition) is 2. The van der Waals surface area contributed by atoms with E-state index in [0.29, 0.717) is 18.8 Å². The molecule has 1 saturated carbocycles. The van der Waals surface area contributed by atoms with Gasteiger partial charge in [-0.05, 0) is 43.0 Å². The van der Waals surface area contributed by atoms with E-state index >= 15 is 0 Å². The van der Waals surface area contributed by atoms with Crippen molar-refractivity contribution in [2.24, 2.45) is 17.8 Å². The lowest BCUT2D eigenvalue weighted by molar-refractivity contribution is -0.151. The van der Waals surface area contributed by atoms with E-state index < -0.39 is 17.8 Å². The van der Waals surface area contributed by atoms with Crippen LogP contribution in [0.2, 0.25) is 0 Å². The second kappa shape index (κ2) is 6.07. The van der Waals surface area contributed by atoms with Crippen LogP contribution >= 0.6 is 0 Å². The highest BCUT2D eigenvalue weighted by atomic mass is 16.4. The Morgan fingerprint density at radius 2 is 2.00 bits per heavy atom. The van der Waals surface area contributed by atoms with Crippen molar-refractivity contribution in [3.8, 4) is 0 Å². The molecule has 2 aromatic rings. The van der Waals surface area contributed by atoms with Gasteiger partial charge in [-0.3, -0.25) is 9.59 Å². The number of fused-ring (bicyclic) bond motifs is 1. The lowest BCUT2D eigenvalue weighted by atomic mass is 9.73. The number of carboxylic acid groups (broad SMARTS) is 1. The quantitative estimate of drug-likeness (QED) is 0.889. The summed E-state index contributed by atoms with van der Waals surface area (Å²) in [6.07, 6.45) is 3.29. The number of nitrogens with one attached hydrogen (secondary N) is 1. The van der Waals surface area contributed by atoms with E-state index in [0.717, 1.165) is 23.1 Å². The molecule has 5 nitrogen and oxygen atoms in total. The summed E-state index contributed by atoms with van der Waals surface area (Å²) in [7, 11) is 0. The van der Waals surface area contributed by atoms with Crippen LogP contribution in [0.15, 0.2) is 30.5 Å². The molecular formula is C18H22N2O3. The van der Waals surface area contributed by atoms with Crippen molar-refractivity contribution in [3.05, 3.63) is 30.5 Å². The lowest BCUT2D eigenvalue weighted by Crippen LogP contribution is -2.41. The van der Waals surface area contributed by atoms with Crippen LogP contribution < -0.4 is 5.32 Å². The molecule has 1 aliphatic rings. The van der Waals surface area contributed by atoms with Crippen molar-refractivity contribution in [3.63, 3.8) is 0 Å². The van der Waals surface area contributed by atoms with E-state index in [9.17, 15) is 9.59 Å². The van der Waals surface area contributed by atoms with Crippen molar-refractivity contribution in [1.29, 1.82) is 0 Å². The smallest absolute Gasteiger partial charge is 0.307 e. The molecule has 23 heavy (non-hydrogen) atoms. The van der Waals surface area contributed by atoms with Crippen LogP contribution in [0.3, 0.4) is 0 Å². The number of amides is 1. The Morgan fingerprint density at radius 1 is 1.26 bits per heavy atom. The number of hydrogen-bond acceptors (Lipinski definition) is 2. The van der Waals surface area contributed by atoms with Gasteiger partial charge in [0, 0.05) is 29.3 Å². The third-order valence-electron chi connectivity index (χ3n) is 4.53. The molecule has 1 heterocycles. The minimum atomic E-state index is -0.877. The Kier molecular flexibility index (Phi) is 4.11. The average Bonchev–Trinajstić information content (AvgIpc) is 2.78. The molecule has 0 bridgehead atoms. The predicted molar refractivity (Wildman–Crippen MR) is 89.3 cm³/mol. The van der Waals surface area contributed by atoms with E-state index in [-0.39, 0.29) is 5.91 Å². The molecule has 2 atom stereocenters. The Bertz CT molecular complexity index is 748. The average molecular weight is 314 g/mol. The number of aromatic nitrogens is 1. The first-order chi connectivity index (χ1) is 11.0. The second-order valence-corrected chi connectivity index (χ2v) is 6.75. The van der Waals surface area contributed by atoms with Crippen LogP contribution in [0.1, 0.15) is 26.7 Å². The maximum Gasteiger partial charge on any atom is 0.307 e. The highest BCUT2D eigenvalue weighted by Gasteiger charge is 2.41. The van der Waals surface area contributed by atoms with Crippen LogP contribution in [0.5, 0.6) is 0 Å². The van der Waals surface area contributed by atoms with E-state index in [2.05, 4.69) is 29.9 Å². The van der Waals surface area contributed by atoms with E-state index in [1.54, 1.807) is 0 Å². The fourth-order valence-corrected chi connectivity index (χ4v) is 3.17. The summed E-state index contributed by atoms with van der Waals surface area (Å²) in [5, 5.41) is 13.0. The van der Waals surface area contributed by atoms with Gasteiger partial charge in [0.1, 0.15) is 0 Å². The van der Waals surface area contributed by atoms with Gasteiger partial charge in [0.25, 0.3) is 0 Å². The second-order valence-electron chi connectivity index (χ2n) is 6.75. The minimum Gasteiger partial charge on any atom is -0.481 e. The van der Waals surface area contributed by atoms with E-state index in [1.807, 2.05) is 24.3 Å². The fourth-order valence-electron chi connectivity index (χ4n) is 3.17. The SMILES string of the molecule is CC(C)Cn1ccc2cc(NC(=O)C3CCC3C(=O)O)ccc21. The van der Waals surface area contributed by atoms with Gasteiger partial charge in [-0.2, -0.15) is 0 Å². The number of carboxylic acids is 1. The highest BCUT2D eigenvalue weighted by Crippen LogP contribution is 2.35. The number of benzene rings is 1. The van der Waals surface area contributed by atoms with Gasteiger partial charge < -0.3 is 15.0 Å². The monoisotopic (exact) mass is 314 g/mol. The van der Waals surface area contributed by atoms with Crippen molar-refractivity contribution in [1.82, 2.24) is 4.57 Å². The van der Waals surface area contributed by atoms with Gasteiger partial charge in [-0.1, -0.05) is 13.8 Å². The molecule has 2 unspecified atom stereocenters. The molecule has 5 heteroatoms. The van der Waals surface area contributed by atoms with Gasteiger partial charge in [0.2, 0.25) is 5.91 Å². The first-order valence-corrected chi connectivity index (χ1v) is 8.08. The number of rotatable bonds is 5. The third kappa shape index (κ3) is 3.09. The molecule has 3 rings (SSSR count). The Hall–Kier alpha value is -2.30. The molecule has 122 valence electrons. The molecule has 0 radical (unpaired) electrons. The van der Waals surface area contributed by atoms with Gasteiger partial charge in [0.15, 0.2) is 0 Å². The van der Waals surface area contributed by atoms with E-state index in [4.69, 9.17) is 5.11 Å². The molecule has 0 spiro atoms. The van der Waals surface area contributed by atoms with Crippen LogP contribution in [-0.2, 0) is 16.1 Å². The van der Waals surface area contributed by atoms with Gasteiger partial charge in [-0.25, -0.2) is 0 Å². The molecule has 1 aliphatic carbocycles. The summed E-state index contributed by atoms with van der Waals surface area (Å²) in [5.41, 5.74) is 1.87. The number of aliphatic carboxylic acids is 1. The first kappa shape index (κ1) is 15.6. The Balaban J connectivity index is 1.74. The lowest BCUT2D eigenvalue weighted by Gasteiger charge is -2.31. The summed E-state index contributed by atoms with van der Waals surface area (Å²) in [4.78, 5) is 23.2. The van der Waals surface area contributed by atoms with Gasteiger partial charge >= 0.3 is 5.97 Å². The number of carbonyl (C=O) groups excluding carboxylic acids is 1. The zero-order valence-electron chi connectivity index (χ0n) is 13.5. The fraction of sp³-hybridized carbons (Fsp3) is 0.444. The van der Waals surface area contributed by atoms with Crippen LogP contribution in [-0.4, -0.2) is 21.6 Å². The molecular weight excluding hydrogens is 292 g/mol. The maximum absolute atomic E-state index is 12.2. The molecule has 0 aliphatic heterocycles. The number of anilines is 1. The first-order valence-electron chi connectivity index (χ1n) is 8.08. The van der Waals surface area contributed by atoms with Crippen molar-refractivity contribution < 1.29 is 14.7 Å². The molecule has 1 aromatic heterocycles. The minimum absolute atomic E-state index is 0.190. The normalized spacial score (nSPS) is 20.5. The van der Waals surface area contributed by atoms with Gasteiger partial charge in [0.05, 0.1) is 11.8 Å². The van der Waals surface area contributed by atoms with E-state index in [1.165, 1.54) is 0 Å².